The number of fused-ring (bicyclic) bond motifs is 5. The molecule has 3 heteroatoms. The van der Waals surface area contributed by atoms with Crippen molar-refractivity contribution in [1.29, 1.82) is 0 Å². The summed E-state index contributed by atoms with van der Waals surface area (Å²) < 4.78 is 6.54. The van der Waals surface area contributed by atoms with Crippen molar-refractivity contribution in [3.05, 3.63) is 182 Å². The van der Waals surface area contributed by atoms with Crippen molar-refractivity contribution in [3.63, 3.8) is 0 Å². The zero-order chi connectivity index (χ0) is 33.7. The molecule has 0 fully saturated rings. The van der Waals surface area contributed by atoms with Gasteiger partial charge in [0.2, 0.25) is 0 Å². The van der Waals surface area contributed by atoms with Crippen LogP contribution >= 0.6 is 0 Å². The molecule has 238 valence electrons. The van der Waals surface area contributed by atoms with Crippen molar-refractivity contribution in [2.45, 2.75) is 0 Å². The topological polar surface area (TPSA) is 38.9 Å². The maximum Gasteiger partial charge on any atom is 0.161 e. The Morgan fingerprint density at radius 3 is 1.84 bits per heavy atom. The van der Waals surface area contributed by atoms with Crippen LogP contribution in [0.5, 0.6) is 0 Å². The van der Waals surface area contributed by atoms with Crippen LogP contribution in [-0.4, -0.2) is 9.97 Å². The highest BCUT2D eigenvalue weighted by molar-refractivity contribution is 6.12. The van der Waals surface area contributed by atoms with E-state index in [1.165, 1.54) is 32.7 Å². The molecule has 0 spiro atoms. The molecule has 0 amide bonds. The molecule has 0 bridgehead atoms. The fourth-order valence-corrected chi connectivity index (χ4v) is 7.33. The molecular formula is C48H30N2O. The van der Waals surface area contributed by atoms with Crippen LogP contribution in [0.2, 0.25) is 0 Å². The monoisotopic (exact) mass is 650 g/mol. The first kappa shape index (κ1) is 29.1. The molecule has 0 unspecified atom stereocenters. The number of benzene rings is 8. The van der Waals surface area contributed by atoms with Crippen LogP contribution in [0.15, 0.2) is 186 Å². The van der Waals surface area contributed by atoms with Gasteiger partial charge in [-0.3, -0.25) is 0 Å². The SMILES string of the molecule is c1ccc(-c2cc(-c3ccc4ccccc4c3)nc(-c3cccc4oc5cc(-c6ccc(-c7cccc8ccccc78)cc6)ccc5c34)n2)cc1. The van der Waals surface area contributed by atoms with Crippen LogP contribution in [0.4, 0.5) is 0 Å². The Kier molecular flexibility index (Phi) is 6.81. The smallest absolute Gasteiger partial charge is 0.161 e. The quantitative estimate of drug-likeness (QED) is 0.186. The Morgan fingerprint density at radius 1 is 0.333 bits per heavy atom. The summed E-state index contributed by atoms with van der Waals surface area (Å²) in [6, 6.07) is 63.9. The van der Waals surface area contributed by atoms with Gasteiger partial charge < -0.3 is 4.42 Å². The third-order valence-corrected chi connectivity index (χ3v) is 9.90. The highest BCUT2D eigenvalue weighted by atomic mass is 16.3. The lowest BCUT2D eigenvalue weighted by Crippen LogP contribution is -1.96. The first-order valence-electron chi connectivity index (χ1n) is 17.2. The molecule has 0 atom stereocenters. The van der Waals surface area contributed by atoms with Gasteiger partial charge in [0, 0.05) is 27.5 Å². The Hall–Kier alpha value is -6.84. The summed E-state index contributed by atoms with van der Waals surface area (Å²) in [5.41, 5.74) is 11.1. The number of rotatable bonds is 5. The number of aromatic nitrogens is 2. The molecular weight excluding hydrogens is 621 g/mol. The second-order valence-electron chi connectivity index (χ2n) is 13.0. The third kappa shape index (κ3) is 5.15. The lowest BCUT2D eigenvalue weighted by Gasteiger charge is -2.11. The highest BCUT2D eigenvalue weighted by Crippen LogP contribution is 2.39. The summed E-state index contributed by atoms with van der Waals surface area (Å²) in [6.45, 7) is 0. The van der Waals surface area contributed by atoms with Gasteiger partial charge in [0.25, 0.3) is 0 Å². The lowest BCUT2D eigenvalue weighted by atomic mass is 9.96. The van der Waals surface area contributed by atoms with Crippen LogP contribution < -0.4 is 0 Å². The van der Waals surface area contributed by atoms with Crippen LogP contribution in [-0.2, 0) is 0 Å². The van der Waals surface area contributed by atoms with Gasteiger partial charge >= 0.3 is 0 Å². The van der Waals surface area contributed by atoms with Gasteiger partial charge in [-0.1, -0.05) is 152 Å². The van der Waals surface area contributed by atoms with E-state index in [4.69, 9.17) is 14.4 Å². The number of hydrogen-bond acceptors (Lipinski definition) is 3. The number of furan rings is 1. The first-order chi connectivity index (χ1) is 25.2. The van der Waals surface area contributed by atoms with Crippen molar-refractivity contribution in [3.8, 4) is 56.2 Å². The van der Waals surface area contributed by atoms with Gasteiger partial charge in [0.1, 0.15) is 11.2 Å². The summed E-state index contributed by atoms with van der Waals surface area (Å²) in [6.07, 6.45) is 0. The third-order valence-electron chi connectivity index (χ3n) is 9.90. The van der Waals surface area contributed by atoms with Crippen molar-refractivity contribution in [2.24, 2.45) is 0 Å². The van der Waals surface area contributed by atoms with Crippen molar-refractivity contribution in [2.75, 3.05) is 0 Å². The highest BCUT2D eigenvalue weighted by Gasteiger charge is 2.18. The van der Waals surface area contributed by atoms with Gasteiger partial charge in [-0.25, -0.2) is 9.97 Å². The van der Waals surface area contributed by atoms with Gasteiger partial charge in [-0.2, -0.15) is 0 Å². The van der Waals surface area contributed by atoms with Crippen LogP contribution in [0.1, 0.15) is 0 Å². The molecule has 3 nitrogen and oxygen atoms in total. The van der Waals surface area contributed by atoms with Crippen molar-refractivity contribution >= 4 is 43.5 Å². The minimum atomic E-state index is 0.668. The Bertz CT molecular complexity index is 2900. The predicted molar refractivity (Wildman–Crippen MR) is 212 cm³/mol. The molecule has 0 saturated heterocycles. The summed E-state index contributed by atoms with van der Waals surface area (Å²) >= 11 is 0. The largest absolute Gasteiger partial charge is 0.456 e. The first-order valence-corrected chi connectivity index (χ1v) is 17.2. The number of hydrogen-bond donors (Lipinski definition) is 0. The molecule has 2 heterocycles. The molecule has 0 saturated carbocycles. The number of nitrogens with zero attached hydrogens (tertiary/aromatic N) is 2. The van der Waals surface area contributed by atoms with E-state index >= 15 is 0 Å². The molecule has 0 N–H and O–H groups in total. The zero-order valence-corrected chi connectivity index (χ0v) is 27.6. The minimum Gasteiger partial charge on any atom is -0.456 e. The van der Waals surface area contributed by atoms with E-state index in [0.717, 1.165) is 61.1 Å². The van der Waals surface area contributed by atoms with Gasteiger partial charge in [0.15, 0.2) is 5.82 Å². The second kappa shape index (κ2) is 11.9. The molecule has 51 heavy (non-hydrogen) atoms. The molecule has 0 aliphatic heterocycles. The van der Waals surface area contributed by atoms with E-state index in [-0.39, 0.29) is 0 Å². The molecule has 2 aromatic heterocycles. The Morgan fingerprint density at radius 2 is 0.980 bits per heavy atom. The van der Waals surface area contributed by atoms with E-state index in [1.54, 1.807) is 0 Å². The average molecular weight is 651 g/mol. The molecule has 10 rings (SSSR count). The molecule has 0 aliphatic carbocycles. The lowest BCUT2D eigenvalue weighted by molar-refractivity contribution is 0.669. The van der Waals surface area contributed by atoms with E-state index in [9.17, 15) is 0 Å². The van der Waals surface area contributed by atoms with Gasteiger partial charge in [-0.05, 0) is 74.1 Å². The normalized spacial score (nSPS) is 11.5. The zero-order valence-electron chi connectivity index (χ0n) is 27.6. The van der Waals surface area contributed by atoms with Crippen LogP contribution in [0.25, 0.3) is 99.6 Å². The summed E-state index contributed by atoms with van der Waals surface area (Å²) in [4.78, 5) is 10.4. The molecule has 0 aliphatic rings. The van der Waals surface area contributed by atoms with Crippen molar-refractivity contribution < 1.29 is 4.42 Å². The van der Waals surface area contributed by atoms with Crippen LogP contribution in [0, 0.1) is 0 Å². The summed E-state index contributed by atoms with van der Waals surface area (Å²) in [5, 5.41) is 6.94. The summed E-state index contributed by atoms with van der Waals surface area (Å²) in [5.74, 6) is 0.668. The van der Waals surface area contributed by atoms with Crippen molar-refractivity contribution in [1.82, 2.24) is 9.97 Å². The fraction of sp³-hybridized carbons (Fsp3) is 0. The maximum absolute atomic E-state index is 6.54. The van der Waals surface area contributed by atoms with Gasteiger partial charge in [0.05, 0.1) is 11.4 Å². The van der Waals surface area contributed by atoms with E-state index in [2.05, 4.69) is 152 Å². The maximum atomic E-state index is 6.54. The molecule has 0 radical (unpaired) electrons. The Balaban J connectivity index is 1.08. The van der Waals surface area contributed by atoms with E-state index in [1.807, 2.05) is 30.3 Å². The fourth-order valence-electron chi connectivity index (χ4n) is 7.33. The van der Waals surface area contributed by atoms with Crippen LogP contribution in [0.3, 0.4) is 0 Å². The van der Waals surface area contributed by atoms with Gasteiger partial charge in [-0.15, -0.1) is 0 Å². The second-order valence-corrected chi connectivity index (χ2v) is 13.0. The summed E-state index contributed by atoms with van der Waals surface area (Å²) in [7, 11) is 0. The molecule has 8 aromatic carbocycles. The van der Waals surface area contributed by atoms with E-state index < -0.39 is 0 Å². The standard InChI is InChI=1S/C48H30N2O/c1-2-12-35(13-3-1)43-30-44(38-25-22-31-10-4-5-14-36(31)28-38)50-48(49-43)42-18-9-19-45-47(42)41-27-26-37(29-46(41)51-45)32-20-23-34(24-21-32)40-17-8-15-33-11-6-7-16-39(33)40/h1-30H. The van der Waals surface area contributed by atoms with E-state index in [0.29, 0.717) is 5.82 Å². The predicted octanol–water partition coefficient (Wildman–Crippen LogP) is 13.0. The molecule has 10 aromatic rings. The average Bonchev–Trinajstić information content (AvgIpc) is 3.59. The Labute approximate surface area is 295 Å². The minimum absolute atomic E-state index is 0.668.